The molecule has 0 saturated heterocycles. The Morgan fingerprint density at radius 3 is 2.72 bits per heavy atom. The first-order valence-corrected chi connectivity index (χ1v) is 5.93. The summed E-state index contributed by atoms with van der Waals surface area (Å²) in [4.78, 5) is 11.0. The average molecular weight is 244 g/mol. The summed E-state index contributed by atoms with van der Waals surface area (Å²) >= 11 is 0. The average Bonchev–Trinajstić information content (AvgIpc) is 2.76. The van der Waals surface area contributed by atoms with E-state index < -0.39 is 5.97 Å². The van der Waals surface area contributed by atoms with Gasteiger partial charge in [-0.15, -0.1) is 0 Å². The molecule has 0 amide bonds. The minimum Gasteiger partial charge on any atom is -0.476 e. The summed E-state index contributed by atoms with van der Waals surface area (Å²) in [7, 11) is 0. The first-order chi connectivity index (χ1) is 8.54. The summed E-state index contributed by atoms with van der Waals surface area (Å²) in [6.07, 6.45) is 0.744. The maximum absolute atomic E-state index is 11.0. The third kappa shape index (κ3) is 2.01. The van der Waals surface area contributed by atoms with Crippen molar-refractivity contribution in [3.63, 3.8) is 0 Å². The molecule has 2 aromatic rings. The SMILES string of the molecule is CCc1cc(C(=O)O)nn1-c1cccc(C)c1C. The lowest BCUT2D eigenvalue weighted by Crippen LogP contribution is -2.05. The Morgan fingerprint density at radius 1 is 1.39 bits per heavy atom. The van der Waals surface area contributed by atoms with Crippen LogP contribution in [0.2, 0.25) is 0 Å². The fourth-order valence-corrected chi connectivity index (χ4v) is 1.95. The number of hydrogen-bond donors (Lipinski definition) is 1. The largest absolute Gasteiger partial charge is 0.476 e. The van der Waals surface area contributed by atoms with Gasteiger partial charge in [0.1, 0.15) is 0 Å². The third-order valence-electron chi connectivity index (χ3n) is 3.17. The highest BCUT2D eigenvalue weighted by molar-refractivity contribution is 5.85. The van der Waals surface area contributed by atoms with Crippen molar-refractivity contribution >= 4 is 5.97 Å². The van der Waals surface area contributed by atoms with Crippen molar-refractivity contribution in [1.29, 1.82) is 0 Å². The van der Waals surface area contributed by atoms with Crippen molar-refractivity contribution in [1.82, 2.24) is 9.78 Å². The number of carboxylic acid groups (broad SMARTS) is 1. The second kappa shape index (κ2) is 4.64. The smallest absolute Gasteiger partial charge is 0.356 e. The van der Waals surface area contributed by atoms with Crippen LogP contribution in [0.4, 0.5) is 0 Å². The Morgan fingerprint density at radius 2 is 2.11 bits per heavy atom. The summed E-state index contributed by atoms with van der Waals surface area (Å²) in [6, 6.07) is 7.58. The molecule has 4 nitrogen and oxygen atoms in total. The summed E-state index contributed by atoms with van der Waals surface area (Å²) in [5, 5.41) is 13.2. The van der Waals surface area contributed by atoms with Crippen molar-refractivity contribution in [3.05, 3.63) is 46.8 Å². The molecule has 0 atom stereocenters. The van der Waals surface area contributed by atoms with Crippen LogP contribution in [-0.4, -0.2) is 20.9 Å². The Bertz CT molecular complexity index is 600. The van der Waals surface area contributed by atoms with E-state index in [1.807, 2.05) is 39.0 Å². The molecule has 0 unspecified atom stereocenters. The van der Waals surface area contributed by atoms with Crippen LogP contribution in [0.1, 0.15) is 34.2 Å². The Balaban J connectivity index is 2.63. The highest BCUT2D eigenvalue weighted by Gasteiger charge is 2.14. The van der Waals surface area contributed by atoms with Gasteiger partial charge in [-0.3, -0.25) is 0 Å². The predicted octanol–water partition coefficient (Wildman–Crippen LogP) is 2.75. The lowest BCUT2D eigenvalue weighted by molar-refractivity contribution is 0.0690. The molecule has 0 aliphatic heterocycles. The standard InChI is InChI=1S/C14H16N2O2/c1-4-11-8-12(14(17)18)15-16(11)13-7-5-6-9(2)10(13)3/h5-8H,4H2,1-3H3,(H,17,18). The van der Waals surface area contributed by atoms with Gasteiger partial charge >= 0.3 is 5.97 Å². The van der Waals surface area contributed by atoms with Crippen molar-refractivity contribution in [2.24, 2.45) is 0 Å². The number of rotatable bonds is 3. The molecule has 0 saturated carbocycles. The number of aromatic nitrogens is 2. The zero-order valence-corrected chi connectivity index (χ0v) is 10.8. The Labute approximate surface area is 106 Å². The van der Waals surface area contributed by atoms with Gasteiger partial charge in [0.05, 0.1) is 5.69 Å². The lowest BCUT2D eigenvalue weighted by atomic mass is 10.1. The van der Waals surface area contributed by atoms with E-state index in [0.29, 0.717) is 0 Å². The molecule has 2 rings (SSSR count). The van der Waals surface area contributed by atoms with Gasteiger partial charge in [0.2, 0.25) is 0 Å². The van der Waals surface area contributed by atoms with Gasteiger partial charge in [0, 0.05) is 5.69 Å². The number of hydrogen-bond acceptors (Lipinski definition) is 2. The predicted molar refractivity (Wildman–Crippen MR) is 69.4 cm³/mol. The summed E-state index contributed by atoms with van der Waals surface area (Å²) in [5.41, 5.74) is 4.22. The lowest BCUT2D eigenvalue weighted by Gasteiger charge is -2.11. The van der Waals surface area contributed by atoms with Gasteiger partial charge in [-0.25, -0.2) is 9.48 Å². The first-order valence-electron chi connectivity index (χ1n) is 5.93. The van der Waals surface area contributed by atoms with Crippen molar-refractivity contribution in [3.8, 4) is 5.69 Å². The molecule has 1 aromatic heterocycles. The van der Waals surface area contributed by atoms with Gasteiger partial charge in [0.25, 0.3) is 0 Å². The van der Waals surface area contributed by atoms with E-state index in [9.17, 15) is 4.79 Å². The molecule has 0 radical (unpaired) electrons. The number of benzene rings is 1. The zero-order valence-electron chi connectivity index (χ0n) is 10.8. The maximum Gasteiger partial charge on any atom is 0.356 e. The fraction of sp³-hybridized carbons (Fsp3) is 0.286. The number of nitrogens with zero attached hydrogens (tertiary/aromatic N) is 2. The minimum atomic E-state index is -0.992. The minimum absolute atomic E-state index is 0.0905. The molecule has 0 aliphatic carbocycles. The van der Waals surface area contributed by atoms with Gasteiger partial charge < -0.3 is 5.11 Å². The van der Waals surface area contributed by atoms with E-state index in [0.717, 1.165) is 23.4 Å². The summed E-state index contributed by atoms with van der Waals surface area (Å²) in [6.45, 7) is 6.04. The van der Waals surface area contributed by atoms with Crippen LogP contribution in [0.3, 0.4) is 0 Å². The van der Waals surface area contributed by atoms with Gasteiger partial charge in [-0.1, -0.05) is 19.1 Å². The topological polar surface area (TPSA) is 55.1 Å². The monoisotopic (exact) mass is 244 g/mol. The summed E-state index contributed by atoms with van der Waals surface area (Å²) < 4.78 is 1.73. The van der Waals surface area contributed by atoms with E-state index in [-0.39, 0.29) is 5.69 Å². The van der Waals surface area contributed by atoms with Gasteiger partial charge in [-0.2, -0.15) is 5.10 Å². The normalized spacial score (nSPS) is 10.6. The van der Waals surface area contributed by atoms with E-state index >= 15 is 0 Å². The fourth-order valence-electron chi connectivity index (χ4n) is 1.95. The highest BCUT2D eigenvalue weighted by Crippen LogP contribution is 2.20. The molecule has 0 bridgehead atoms. The van der Waals surface area contributed by atoms with Crippen molar-refractivity contribution in [2.45, 2.75) is 27.2 Å². The van der Waals surface area contributed by atoms with Crippen LogP contribution >= 0.6 is 0 Å². The van der Waals surface area contributed by atoms with E-state index in [1.165, 1.54) is 5.56 Å². The van der Waals surface area contributed by atoms with Crippen LogP contribution in [0.25, 0.3) is 5.69 Å². The maximum atomic E-state index is 11.0. The Hall–Kier alpha value is -2.10. The Kier molecular flexibility index (Phi) is 3.19. The van der Waals surface area contributed by atoms with Crippen LogP contribution < -0.4 is 0 Å². The molecule has 0 fully saturated rings. The quantitative estimate of drug-likeness (QED) is 0.903. The molecule has 1 heterocycles. The van der Waals surface area contributed by atoms with E-state index in [1.54, 1.807) is 10.7 Å². The number of aromatic carboxylic acids is 1. The van der Waals surface area contributed by atoms with Crippen molar-refractivity contribution in [2.75, 3.05) is 0 Å². The molecule has 1 aromatic carbocycles. The molecular weight excluding hydrogens is 228 g/mol. The zero-order chi connectivity index (χ0) is 13.3. The van der Waals surface area contributed by atoms with Gasteiger partial charge in [0.15, 0.2) is 5.69 Å². The molecule has 0 spiro atoms. The third-order valence-corrected chi connectivity index (χ3v) is 3.17. The number of carbonyl (C=O) groups is 1. The van der Waals surface area contributed by atoms with E-state index in [2.05, 4.69) is 5.10 Å². The van der Waals surface area contributed by atoms with Crippen LogP contribution in [-0.2, 0) is 6.42 Å². The molecule has 1 N–H and O–H groups in total. The van der Waals surface area contributed by atoms with Crippen LogP contribution in [0.5, 0.6) is 0 Å². The van der Waals surface area contributed by atoms with Gasteiger partial charge in [-0.05, 0) is 43.5 Å². The number of aryl methyl sites for hydroxylation is 2. The second-order valence-electron chi connectivity index (χ2n) is 4.31. The van der Waals surface area contributed by atoms with Crippen LogP contribution in [0.15, 0.2) is 24.3 Å². The second-order valence-corrected chi connectivity index (χ2v) is 4.31. The van der Waals surface area contributed by atoms with E-state index in [4.69, 9.17) is 5.11 Å². The molecule has 18 heavy (non-hydrogen) atoms. The highest BCUT2D eigenvalue weighted by atomic mass is 16.4. The number of carboxylic acids is 1. The molecular formula is C14H16N2O2. The van der Waals surface area contributed by atoms with Crippen molar-refractivity contribution < 1.29 is 9.90 Å². The van der Waals surface area contributed by atoms with Crippen LogP contribution in [0, 0.1) is 13.8 Å². The summed E-state index contributed by atoms with van der Waals surface area (Å²) in [5.74, 6) is -0.992. The molecule has 94 valence electrons. The first kappa shape index (κ1) is 12.4. The molecule has 4 heteroatoms. The molecule has 0 aliphatic rings.